The predicted molar refractivity (Wildman–Crippen MR) is 98.6 cm³/mol. The average Bonchev–Trinajstić information content (AvgIpc) is 3.03. The first-order valence-electron chi connectivity index (χ1n) is 7.42. The van der Waals surface area contributed by atoms with E-state index in [0.29, 0.717) is 0 Å². The SMILES string of the molecule is Cc1cccc(NC(=O)/C=C/c2ccc(-c3ccccc3)s2)c1. The number of aryl methyl sites for hydroxylation is 1. The minimum absolute atomic E-state index is 0.120. The van der Waals surface area contributed by atoms with Crippen LogP contribution in [0.5, 0.6) is 0 Å². The van der Waals surface area contributed by atoms with E-state index in [2.05, 4.69) is 23.5 Å². The van der Waals surface area contributed by atoms with E-state index in [9.17, 15) is 4.79 Å². The van der Waals surface area contributed by atoms with Crippen molar-refractivity contribution >= 4 is 29.0 Å². The molecule has 1 heterocycles. The van der Waals surface area contributed by atoms with Crippen molar-refractivity contribution in [2.24, 2.45) is 0 Å². The number of carbonyl (C=O) groups excluding carboxylic acids is 1. The molecule has 2 nitrogen and oxygen atoms in total. The smallest absolute Gasteiger partial charge is 0.248 e. The van der Waals surface area contributed by atoms with Crippen LogP contribution in [-0.2, 0) is 4.79 Å². The molecule has 23 heavy (non-hydrogen) atoms. The first-order valence-corrected chi connectivity index (χ1v) is 8.23. The van der Waals surface area contributed by atoms with Gasteiger partial charge in [0.25, 0.3) is 0 Å². The highest BCUT2D eigenvalue weighted by Crippen LogP contribution is 2.28. The molecule has 0 unspecified atom stereocenters. The van der Waals surface area contributed by atoms with Crippen molar-refractivity contribution in [2.75, 3.05) is 5.32 Å². The van der Waals surface area contributed by atoms with Gasteiger partial charge in [0.05, 0.1) is 0 Å². The Balaban J connectivity index is 1.66. The Hall–Kier alpha value is -2.65. The summed E-state index contributed by atoms with van der Waals surface area (Å²) in [5.41, 5.74) is 3.13. The van der Waals surface area contributed by atoms with E-state index >= 15 is 0 Å². The molecule has 1 N–H and O–H groups in total. The van der Waals surface area contributed by atoms with E-state index in [1.165, 1.54) is 10.4 Å². The summed E-state index contributed by atoms with van der Waals surface area (Å²) in [5.74, 6) is -0.120. The standard InChI is InChI=1S/C20H17NOS/c1-15-6-5-9-17(14-15)21-20(22)13-11-18-10-12-19(23-18)16-7-3-2-4-8-16/h2-14H,1H3,(H,21,22)/b13-11+. The van der Waals surface area contributed by atoms with Crippen molar-refractivity contribution in [3.05, 3.63) is 83.2 Å². The summed E-state index contributed by atoms with van der Waals surface area (Å²) >= 11 is 1.67. The number of hydrogen-bond acceptors (Lipinski definition) is 2. The second-order valence-corrected chi connectivity index (χ2v) is 6.38. The van der Waals surface area contributed by atoms with Crippen LogP contribution in [0.15, 0.2) is 72.8 Å². The Morgan fingerprint density at radius 1 is 1.00 bits per heavy atom. The number of benzene rings is 2. The van der Waals surface area contributed by atoms with E-state index < -0.39 is 0 Å². The van der Waals surface area contributed by atoms with E-state index in [4.69, 9.17) is 0 Å². The molecule has 0 bridgehead atoms. The number of anilines is 1. The van der Waals surface area contributed by atoms with Gasteiger partial charge in [0, 0.05) is 21.5 Å². The van der Waals surface area contributed by atoms with Crippen LogP contribution in [-0.4, -0.2) is 5.91 Å². The summed E-state index contributed by atoms with van der Waals surface area (Å²) in [6.45, 7) is 2.00. The van der Waals surface area contributed by atoms with E-state index in [-0.39, 0.29) is 5.91 Å². The normalized spacial score (nSPS) is 10.8. The summed E-state index contributed by atoms with van der Waals surface area (Å²) < 4.78 is 0. The maximum absolute atomic E-state index is 12.0. The average molecular weight is 319 g/mol. The number of rotatable bonds is 4. The summed E-state index contributed by atoms with van der Waals surface area (Å²) in [5, 5.41) is 2.87. The minimum atomic E-state index is -0.120. The van der Waals surface area contributed by atoms with Gasteiger partial charge in [0.1, 0.15) is 0 Å². The van der Waals surface area contributed by atoms with Crippen LogP contribution in [0.4, 0.5) is 5.69 Å². The Morgan fingerprint density at radius 2 is 1.83 bits per heavy atom. The van der Waals surface area contributed by atoms with Crippen molar-refractivity contribution in [1.82, 2.24) is 0 Å². The summed E-state index contributed by atoms with van der Waals surface area (Å²) in [7, 11) is 0. The molecule has 0 fully saturated rings. The van der Waals surface area contributed by atoms with E-state index in [0.717, 1.165) is 16.1 Å². The number of thiophene rings is 1. The van der Waals surface area contributed by atoms with Crippen molar-refractivity contribution in [1.29, 1.82) is 0 Å². The zero-order valence-electron chi connectivity index (χ0n) is 12.8. The Bertz CT molecular complexity index is 834. The van der Waals surface area contributed by atoms with Crippen LogP contribution in [0.2, 0.25) is 0 Å². The van der Waals surface area contributed by atoms with Crippen molar-refractivity contribution < 1.29 is 4.79 Å². The lowest BCUT2D eigenvalue weighted by atomic mass is 10.2. The van der Waals surface area contributed by atoms with Crippen LogP contribution >= 0.6 is 11.3 Å². The highest BCUT2D eigenvalue weighted by atomic mass is 32.1. The molecule has 0 spiro atoms. The topological polar surface area (TPSA) is 29.1 Å². The zero-order valence-corrected chi connectivity index (χ0v) is 13.6. The van der Waals surface area contributed by atoms with Crippen molar-refractivity contribution in [3.8, 4) is 10.4 Å². The predicted octanol–water partition coefficient (Wildman–Crippen LogP) is 5.38. The molecule has 114 valence electrons. The monoisotopic (exact) mass is 319 g/mol. The van der Waals surface area contributed by atoms with E-state index in [1.807, 2.05) is 61.5 Å². The lowest BCUT2D eigenvalue weighted by Crippen LogP contribution is -2.07. The number of amides is 1. The molecule has 0 atom stereocenters. The summed E-state index contributed by atoms with van der Waals surface area (Å²) in [6.07, 6.45) is 3.42. The lowest BCUT2D eigenvalue weighted by molar-refractivity contribution is -0.111. The van der Waals surface area contributed by atoms with Crippen LogP contribution < -0.4 is 5.32 Å². The third kappa shape index (κ3) is 4.18. The summed E-state index contributed by atoms with van der Waals surface area (Å²) in [6, 6.07) is 22.1. The van der Waals surface area contributed by atoms with Gasteiger partial charge in [-0.15, -0.1) is 11.3 Å². The Kier molecular flexibility index (Phi) is 4.69. The molecule has 1 aromatic heterocycles. The van der Waals surface area contributed by atoms with Gasteiger partial charge >= 0.3 is 0 Å². The third-order valence-corrected chi connectivity index (χ3v) is 4.47. The third-order valence-electron chi connectivity index (χ3n) is 3.37. The van der Waals surface area contributed by atoms with Crippen LogP contribution in [0.1, 0.15) is 10.4 Å². The molecule has 1 amide bonds. The molecule has 3 rings (SSSR count). The van der Waals surface area contributed by atoms with Crippen LogP contribution in [0.3, 0.4) is 0 Å². The van der Waals surface area contributed by atoms with Gasteiger partial charge in [-0.05, 0) is 48.4 Å². The second kappa shape index (κ2) is 7.07. The van der Waals surface area contributed by atoms with Crippen LogP contribution in [0, 0.1) is 6.92 Å². The van der Waals surface area contributed by atoms with Crippen molar-refractivity contribution in [2.45, 2.75) is 6.92 Å². The van der Waals surface area contributed by atoms with Gasteiger partial charge in [-0.1, -0.05) is 42.5 Å². The van der Waals surface area contributed by atoms with Gasteiger partial charge in [-0.3, -0.25) is 4.79 Å². The number of hydrogen-bond donors (Lipinski definition) is 1. The molecule has 0 aliphatic rings. The number of nitrogens with one attached hydrogen (secondary N) is 1. The van der Waals surface area contributed by atoms with Gasteiger partial charge in [-0.2, -0.15) is 0 Å². The molecule has 0 aliphatic carbocycles. The lowest BCUT2D eigenvalue weighted by Gasteiger charge is -2.02. The fourth-order valence-corrected chi connectivity index (χ4v) is 3.18. The zero-order chi connectivity index (χ0) is 16.1. The molecule has 3 aromatic rings. The molecule has 0 aliphatic heterocycles. The van der Waals surface area contributed by atoms with Crippen molar-refractivity contribution in [3.63, 3.8) is 0 Å². The summed E-state index contributed by atoms with van der Waals surface area (Å²) in [4.78, 5) is 14.2. The fourth-order valence-electron chi connectivity index (χ4n) is 2.26. The molecular weight excluding hydrogens is 302 g/mol. The first-order chi connectivity index (χ1) is 11.2. The second-order valence-electron chi connectivity index (χ2n) is 5.26. The molecule has 0 saturated heterocycles. The molecule has 0 radical (unpaired) electrons. The quantitative estimate of drug-likeness (QED) is 0.643. The fraction of sp³-hybridized carbons (Fsp3) is 0.0500. The molecule has 2 aromatic carbocycles. The molecular formula is C20H17NOS. The first kappa shape index (κ1) is 15.3. The highest BCUT2D eigenvalue weighted by Gasteiger charge is 2.02. The maximum atomic E-state index is 12.0. The van der Waals surface area contributed by atoms with Crippen LogP contribution in [0.25, 0.3) is 16.5 Å². The Labute approximate surface area is 140 Å². The van der Waals surface area contributed by atoms with Gasteiger partial charge in [0.15, 0.2) is 0 Å². The number of carbonyl (C=O) groups is 1. The largest absolute Gasteiger partial charge is 0.323 e. The van der Waals surface area contributed by atoms with Gasteiger partial charge in [0.2, 0.25) is 5.91 Å². The Morgan fingerprint density at radius 3 is 2.61 bits per heavy atom. The van der Waals surface area contributed by atoms with Gasteiger partial charge < -0.3 is 5.32 Å². The minimum Gasteiger partial charge on any atom is -0.323 e. The molecule has 0 saturated carbocycles. The highest BCUT2D eigenvalue weighted by molar-refractivity contribution is 7.16. The maximum Gasteiger partial charge on any atom is 0.248 e. The van der Waals surface area contributed by atoms with Gasteiger partial charge in [-0.25, -0.2) is 0 Å². The molecule has 3 heteroatoms. The van der Waals surface area contributed by atoms with E-state index in [1.54, 1.807) is 17.4 Å².